The van der Waals surface area contributed by atoms with Gasteiger partial charge in [0.1, 0.15) is 0 Å². The van der Waals surface area contributed by atoms with Crippen molar-refractivity contribution < 1.29 is 0 Å². The topological polar surface area (TPSA) is 12.0 Å². The van der Waals surface area contributed by atoms with Crippen LogP contribution in [0.5, 0.6) is 0 Å². The number of rotatable bonds is 6. The molecule has 0 saturated heterocycles. The van der Waals surface area contributed by atoms with Crippen LogP contribution in [0.25, 0.3) is 0 Å². The van der Waals surface area contributed by atoms with Crippen LogP contribution in [0.4, 0.5) is 0 Å². The van der Waals surface area contributed by atoms with Crippen LogP contribution in [-0.2, 0) is 0 Å². The van der Waals surface area contributed by atoms with E-state index in [1.807, 2.05) is 0 Å². The third-order valence-electron chi connectivity index (χ3n) is 4.55. The van der Waals surface area contributed by atoms with Crippen molar-refractivity contribution in [3.8, 4) is 0 Å². The summed E-state index contributed by atoms with van der Waals surface area (Å²) < 4.78 is 0. The van der Waals surface area contributed by atoms with Crippen LogP contribution in [-0.4, -0.2) is 13.1 Å². The molecule has 1 aliphatic carbocycles. The lowest BCUT2D eigenvalue weighted by Gasteiger charge is -2.30. The first-order chi connectivity index (χ1) is 8.15. The van der Waals surface area contributed by atoms with Crippen molar-refractivity contribution in [2.45, 2.75) is 66.2 Å². The largest absolute Gasteiger partial charge is 0.316 e. The molecule has 102 valence electrons. The van der Waals surface area contributed by atoms with Crippen LogP contribution in [0.15, 0.2) is 0 Å². The number of hydrogen-bond acceptors (Lipinski definition) is 1. The van der Waals surface area contributed by atoms with Crippen molar-refractivity contribution in [3.05, 3.63) is 0 Å². The predicted molar refractivity (Wildman–Crippen MR) is 77.2 cm³/mol. The van der Waals surface area contributed by atoms with Crippen molar-refractivity contribution in [3.63, 3.8) is 0 Å². The minimum absolute atomic E-state index is 0.780. The van der Waals surface area contributed by atoms with E-state index in [2.05, 4.69) is 33.0 Å². The molecule has 1 fully saturated rings. The van der Waals surface area contributed by atoms with E-state index in [1.54, 1.807) is 0 Å². The van der Waals surface area contributed by atoms with Crippen molar-refractivity contribution >= 4 is 0 Å². The average Bonchev–Trinajstić information content (AvgIpc) is 2.53. The van der Waals surface area contributed by atoms with E-state index in [4.69, 9.17) is 0 Å². The minimum Gasteiger partial charge on any atom is -0.316 e. The molecule has 0 aromatic rings. The first kappa shape index (κ1) is 15.0. The molecule has 0 aromatic carbocycles. The van der Waals surface area contributed by atoms with E-state index in [0.717, 1.165) is 23.7 Å². The lowest BCUT2D eigenvalue weighted by atomic mass is 9.78. The fourth-order valence-corrected chi connectivity index (χ4v) is 3.28. The predicted octanol–water partition coefficient (Wildman–Crippen LogP) is 4.47. The molecule has 1 N–H and O–H groups in total. The van der Waals surface area contributed by atoms with Gasteiger partial charge in [-0.05, 0) is 49.6 Å². The van der Waals surface area contributed by atoms with Gasteiger partial charge >= 0.3 is 0 Å². The molecule has 1 rings (SSSR count). The summed E-state index contributed by atoms with van der Waals surface area (Å²) in [5, 5.41) is 3.69. The van der Waals surface area contributed by atoms with Gasteiger partial charge in [0.05, 0.1) is 0 Å². The van der Waals surface area contributed by atoms with E-state index in [9.17, 15) is 0 Å². The molecule has 1 saturated carbocycles. The van der Waals surface area contributed by atoms with Gasteiger partial charge in [-0.1, -0.05) is 53.4 Å². The van der Waals surface area contributed by atoms with Gasteiger partial charge in [0.2, 0.25) is 0 Å². The van der Waals surface area contributed by atoms with E-state index in [0.29, 0.717) is 0 Å². The van der Waals surface area contributed by atoms with Crippen LogP contribution in [0.2, 0.25) is 0 Å². The van der Waals surface area contributed by atoms with Gasteiger partial charge in [0.25, 0.3) is 0 Å². The van der Waals surface area contributed by atoms with Gasteiger partial charge in [-0.2, -0.15) is 0 Å². The lowest BCUT2D eigenvalue weighted by molar-refractivity contribution is 0.212. The fraction of sp³-hybridized carbons (Fsp3) is 1.00. The molecule has 0 amide bonds. The molecule has 0 bridgehead atoms. The first-order valence-corrected chi connectivity index (χ1v) is 7.85. The summed E-state index contributed by atoms with van der Waals surface area (Å²) in [6, 6.07) is 0. The second kappa shape index (κ2) is 8.13. The van der Waals surface area contributed by atoms with Crippen LogP contribution in [0.3, 0.4) is 0 Å². The van der Waals surface area contributed by atoms with Crippen molar-refractivity contribution in [2.24, 2.45) is 23.7 Å². The zero-order valence-corrected chi connectivity index (χ0v) is 12.5. The first-order valence-electron chi connectivity index (χ1n) is 7.85. The monoisotopic (exact) mass is 239 g/mol. The van der Waals surface area contributed by atoms with Gasteiger partial charge in [-0.15, -0.1) is 0 Å². The summed E-state index contributed by atoms with van der Waals surface area (Å²) in [6.45, 7) is 11.9. The molecule has 0 heterocycles. The molecule has 3 atom stereocenters. The summed E-state index contributed by atoms with van der Waals surface area (Å²) >= 11 is 0. The third kappa shape index (κ3) is 5.42. The van der Waals surface area contributed by atoms with Gasteiger partial charge in [0, 0.05) is 0 Å². The Balaban J connectivity index is 2.44. The Morgan fingerprint density at radius 3 is 2.41 bits per heavy atom. The average molecular weight is 239 g/mol. The Bertz CT molecular complexity index is 188. The van der Waals surface area contributed by atoms with Crippen molar-refractivity contribution in [1.82, 2.24) is 5.32 Å². The maximum Gasteiger partial charge on any atom is -0.00177 e. The van der Waals surface area contributed by atoms with Crippen molar-refractivity contribution in [2.75, 3.05) is 13.1 Å². The summed E-state index contributed by atoms with van der Waals surface area (Å²) in [7, 11) is 0. The Labute approximate surface area is 109 Å². The minimum atomic E-state index is 0.780. The third-order valence-corrected chi connectivity index (χ3v) is 4.55. The summed E-state index contributed by atoms with van der Waals surface area (Å²) in [5.74, 6) is 3.61. The maximum absolute atomic E-state index is 3.69. The highest BCUT2D eigenvalue weighted by Crippen LogP contribution is 2.34. The number of hydrogen-bond donors (Lipinski definition) is 1. The smallest absolute Gasteiger partial charge is 0.00177 e. The van der Waals surface area contributed by atoms with Gasteiger partial charge < -0.3 is 5.32 Å². The molecule has 1 aliphatic rings. The van der Waals surface area contributed by atoms with Crippen molar-refractivity contribution in [1.29, 1.82) is 0 Å². The highest BCUT2D eigenvalue weighted by Gasteiger charge is 2.26. The lowest BCUT2D eigenvalue weighted by Crippen LogP contribution is -2.32. The highest BCUT2D eigenvalue weighted by molar-refractivity contribution is 4.79. The highest BCUT2D eigenvalue weighted by atomic mass is 14.9. The van der Waals surface area contributed by atoms with Gasteiger partial charge in [-0.3, -0.25) is 0 Å². The standard InChI is InChI=1S/C16H33N/c1-5-14(4)16-10-8-6-7-9-15(16)12-17-11-13(2)3/h13-17H,5-12H2,1-4H3. The molecule has 0 spiro atoms. The zero-order valence-electron chi connectivity index (χ0n) is 12.5. The molecule has 1 nitrogen and oxygen atoms in total. The normalized spacial score (nSPS) is 28.1. The molecule has 0 radical (unpaired) electrons. The Morgan fingerprint density at radius 1 is 1.06 bits per heavy atom. The van der Waals surface area contributed by atoms with Crippen LogP contribution >= 0.6 is 0 Å². The Hall–Kier alpha value is -0.0400. The molecule has 17 heavy (non-hydrogen) atoms. The molecule has 1 heteroatoms. The van der Waals surface area contributed by atoms with E-state index in [-0.39, 0.29) is 0 Å². The fourth-order valence-electron chi connectivity index (χ4n) is 3.28. The van der Waals surface area contributed by atoms with Gasteiger partial charge in [-0.25, -0.2) is 0 Å². The summed E-state index contributed by atoms with van der Waals surface area (Å²) in [5.41, 5.74) is 0. The van der Waals surface area contributed by atoms with E-state index >= 15 is 0 Å². The molecule has 0 aromatic heterocycles. The summed E-state index contributed by atoms with van der Waals surface area (Å²) in [4.78, 5) is 0. The van der Waals surface area contributed by atoms with Crippen LogP contribution in [0.1, 0.15) is 66.2 Å². The Morgan fingerprint density at radius 2 is 1.76 bits per heavy atom. The number of nitrogens with one attached hydrogen (secondary N) is 1. The second-order valence-electron chi connectivity index (χ2n) is 6.50. The second-order valence-corrected chi connectivity index (χ2v) is 6.50. The Kier molecular flexibility index (Phi) is 7.18. The zero-order chi connectivity index (χ0) is 12.7. The van der Waals surface area contributed by atoms with E-state index < -0.39 is 0 Å². The van der Waals surface area contributed by atoms with Crippen LogP contribution in [0, 0.1) is 23.7 Å². The quantitative estimate of drug-likeness (QED) is 0.674. The molecule has 0 aliphatic heterocycles. The molecular weight excluding hydrogens is 206 g/mol. The van der Waals surface area contributed by atoms with Crippen LogP contribution < -0.4 is 5.32 Å². The summed E-state index contributed by atoms with van der Waals surface area (Å²) in [6.07, 6.45) is 8.68. The van der Waals surface area contributed by atoms with E-state index in [1.165, 1.54) is 51.6 Å². The van der Waals surface area contributed by atoms with Gasteiger partial charge in [0.15, 0.2) is 0 Å². The molecule has 3 unspecified atom stereocenters. The maximum atomic E-state index is 3.69. The molecular formula is C16H33N. The SMILES string of the molecule is CCC(C)C1CCCCCC1CNCC(C)C.